The van der Waals surface area contributed by atoms with E-state index in [1.807, 2.05) is 6.92 Å². The molecule has 0 fully saturated rings. The van der Waals surface area contributed by atoms with Crippen LogP contribution in [0.15, 0.2) is 35.2 Å². The smallest absolute Gasteiger partial charge is 0.226 e. The van der Waals surface area contributed by atoms with E-state index in [4.69, 9.17) is 0 Å². The van der Waals surface area contributed by atoms with Crippen molar-refractivity contribution in [2.75, 3.05) is 11.1 Å². The first kappa shape index (κ1) is 13.6. The Labute approximate surface area is 114 Å². The molecule has 0 atom stereocenters. The van der Waals surface area contributed by atoms with Gasteiger partial charge in [0.05, 0.1) is 0 Å². The SMILES string of the molecule is Cc1cc(NC(=O)CCSc2ccc(F)cc2)n[nH]1. The lowest BCUT2D eigenvalue weighted by atomic mass is 10.4. The lowest BCUT2D eigenvalue weighted by Crippen LogP contribution is -2.12. The van der Waals surface area contributed by atoms with Gasteiger partial charge in [0.25, 0.3) is 0 Å². The number of nitrogens with one attached hydrogen (secondary N) is 2. The molecular weight excluding hydrogens is 265 g/mol. The molecule has 4 nitrogen and oxygen atoms in total. The van der Waals surface area contributed by atoms with Gasteiger partial charge >= 0.3 is 0 Å². The van der Waals surface area contributed by atoms with Crippen molar-refractivity contribution in [3.05, 3.63) is 41.8 Å². The molecule has 2 aromatic rings. The lowest BCUT2D eigenvalue weighted by Gasteiger charge is -2.02. The van der Waals surface area contributed by atoms with E-state index in [0.29, 0.717) is 18.0 Å². The highest BCUT2D eigenvalue weighted by atomic mass is 32.2. The van der Waals surface area contributed by atoms with Crippen molar-refractivity contribution in [2.45, 2.75) is 18.2 Å². The normalized spacial score (nSPS) is 10.4. The van der Waals surface area contributed by atoms with E-state index in [2.05, 4.69) is 15.5 Å². The van der Waals surface area contributed by atoms with Gasteiger partial charge in [0.1, 0.15) is 5.82 Å². The minimum atomic E-state index is -0.254. The molecule has 1 amide bonds. The van der Waals surface area contributed by atoms with Gasteiger partial charge in [-0.25, -0.2) is 4.39 Å². The van der Waals surface area contributed by atoms with Crippen LogP contribution in [-0.4, -0.2) is 21.9 Å². The second-order valence-corrected chi connectivity index (χ2v) is 5.21. The van der Waals surface area contributed by atoms with Gasteiger partial charge in [0, 0.05) is 28.8 Å². The van der Waals surface area contributed by atoms with Gasteiger partial charge in [0.15, 0.2) is 5.82 Å². The number of hydrogen-bond acceptors (Lipinski definition) is 3. The van der Waals surface area contributed by atoms with E-state index < -0.39 is 0 Å². The molecule has 1 aromatic heterocycles. The van der Waals surface area contributed by atoms with Crippen molar-refractivity contribution in [3.63, 3.8) is 0 Å². The van der Waals surface area contributed by atoms with Gasteiger partial charge in [-0.1, -0.05) is 0 Å². The molecule has 0 unspecified atom stereocenters. The minimum Gasteiger partial charge on any atom is -0.309 e. The summed E-state index contributed by atoms with van der Waals surface area (Å²) >= 11 is 1.52. The van der Waals surface area contributed by atoms with Crippen LogP contribution in [0.5, 0.6) is 0 Å². The van der Waals surface area contributed by atoms with Crippen LogP contribution in [0.4, 0.5) is 10.2 Å². The number of halogens is 1. The summed E-state index contributed by atoms with van der Waals surface area (Å²) < 4.78 is 12.7. The topological polar surface area (TPSA) is 57.8 Å². The van der Waals surface area contributed by atoms with Crippen LogP contribution >= 0.6 is 11.8 Å². The number of thioether (sulfide) groups is 1. The highest BCUT2D eigenvalue weighted by Crippen LogP contribution is 2.19. The number of aromatic nitrogens is 2. The zero-order valence-corrected chi connectivity index (χ0v) is 11.3. The van der Waals surface area contributed by atoms with Crippen molar-refractivity contribution >= 4 is 23.5 Å². The summed E-state index contributed by atoms with van der Waals surface area (Å²) in [7, 11) is 0. The quantitative estimate of drug-likeness (QED) is 0.827. The molecule has 0 spiro atoms. The summed E-state index contributed by atoms with van der Waals surface area (Å²) in [6.45, 7) is 1.87. The van der Waals surface area contributed by atoms with Gasteiger partial charge in [-0.05, 0) is 31.2 Å². The van der Waals surface area contributed by atoms with Crippen LogP contribution in [0.3, 0.4) is 0 Å². The van der Waals surface area contributed by atoms with Gasteiger partial charge in [-0.15, -0.1) is 11.8 Å². The number of hydrogen-bond donors (Lipinski definition) is 2. The molecular formula is C13H14FN3OS. The Hall–Kier alpha value is -1.82. The third-order valence-corrected chi connectivity index (χ3v) is 3.40. The standard InChI is InChI=1S/C13H14FN3OS/c1-9-8-12(17-16-9)15-13(18)6-7-19-11-4-2-10(14)3-5-11/h2-5,8H,6-7H2,1H3,(H2,15,16,17,18). The summed E-state index contributed by atoms with van der Waals surface area (Å²) in [4.78, 5) is 12.6. The number of anilines is 1. The fraction of sp³-hybridized carbons (Fsp3) is 0.231. The first-order valence-corrected chi connectivity index (χ1v) is 6.82. The summed E-state index contributed by atoms with van der Waals surface area (Å²) in [5, 5.41) is 9.39. The Bertz CT molecular complexity index is 553. The zero-order chi connectivity index (χ0) is 13.7. The number of benzene rings is 1. The maximum Gasteiger partial charge on any atom is 0.226 e. The molecule has 6 heteroatoms. The summed E-state index contributed by atoms with van der Waals surface area (Å²) in [5.74, 6) is 0.840. The van der Waals surface area contributed by atoms with E-state index in [1.165, 1.54) is 23.9 Å². The molecule has 2 rings (SSSR count). The van der Waals surface area contributed by atoms with E-state index in [9.17, 15) is 9.18 Å². The second kappa shape index (κ2) is 6.38. The molecule has 0 saturated heterocycles. The van der Waals surface area contributed by atoms with Crippen LogP contribution in [0.25, 0.3) is 0 Å². The fourth-order valence-electron chi connectivity index (χ4n) is 1.48. The van der Waals surface area contributed by atoms with Crippen molar-refractivity contribution < 1.29 is 9.18 Å². The molecule has 19 heavy (non-hydrogen) atoms. The number of carbonyl (C=O) groups is 1. The molecule has 0 radical (unpaired) electrons. The highest BCUT2D eigenvalue weighted by Gasteiger charge is 2.05. The van der Waals surface area contributed by atoms with Crippen LogP contribution in [0, 0.1) is 12.7 Å². The second-order valence-electron chi connectivity index (χ2n) is 4.04. The average molecular weight is 279 g/mol. The highest BCUT2D eigenvalue weighted by molar-refractivity contribution is 7.99. The Morgan fingerprint density at radius 2 is 2.16 bits per heavy atom. The minimum absolute atomic E-state index is 0.0823. The monoisotopic (exact) mass is 279 g/mol. The van der Waals surface area contributed by atoms with E-state index in [0.717, 1.165) is 10.6 Å². The lowest BCUT2D eigenvalue weighted by molar-refractivity contribution is -0.115. The maximum absolute atomic E-state index is 12.7. The Morgan fingerprint density at radius 1 is 1.42 bits per heavy atom. The number of nitrogens with zero attached hydrogens (tertiary/aromatic N) is 1. The van der Waals surface area contributed by atoms with Crippen LogP contribution in [-0.2, 0) is 4.79 Å². The Balaban J connectivity index is 1.73. The van der Waals surface area contributed by atoms with E-state index >= 15 is 0 Å². The molecule has 0 aliphatic carbocycles. The first-order chi connectivity index (χ1) is 9.13. The van der Waals surface area contributed by atoms with Crippen LogP contribution in [0.2, 0.25) is 0 Å². The molecule has 0 saturated carbocycles. The van der Waals surface area contributed by atoms with Crippen molar-refractivity contribution in [1.29, 1.82) is 0 Å². The van der Waals surface area contributed by atoms with Crippen LogP contribution < -0.4 is 5.32 Å². The number of aromatic amines is 1. The Morgan fingerprint density at radius 3 is 2.79 bits per heavy atom. The van der Waals surface area contributed by atoms with Gasteiger partial charge in [0.2, 0.25) is 5.91 Å². The number of carbonyl (C=O) groups excluding carboxylic acids is 1. The summed E-state index contributed by atoms with van der Waals surface area (Å²) in [6, 6.07) is 8.00. The van der Waals surface area contributed by atoms with Gasteiger partial charge in [-0.3, -0.25) is 9.89 Å². The van der Waals surface area contributed by atoms with Crippen molar-refractivity contribution in [2.24, 2.45) is 0 Å². The maximum atomic E-state index is 12.7. The predicted molar refractivity (Wildman–Crippen MR) is 73.7 cm³/mol. The fourth-order valence-corrected chi connectivity index (χ4v) is 2.33. The van der Waals surface area contributed by atoms with Gasteiger partial charge in [-0.2, -0.15) is 5.10 Å². The van der Waals surface area contributed by atoms with Gasteiger partial charge < -0.3 is 5.32 Å². The largest absolute Gasteiger partial charge is 0.309 e. The molecule has 0 bridgehead atoms. The van der Waals surface area contributed by atoms with Crippen molar-refractivity contribution in [1.82, 2.24) is 10.2 Å². The molecule has 100 valence electrons. The molecule has 2 N–H and O–H groups in total. The zero-order valence-electron chi connectivity index (χ0n) is 10.4. The van der Waals surface area contributed by atoms with Crippen LogP contribution in [0.1, 0.15) is 12.1 Å². The van der Waals surface area contributed by atoms with E-state index in [-0.39, 0.29) is 11.7 Å². The van der Waals surface area contributed by atoms with Crippen molar-refractivity contribution in [3.8, 4) is 0 Å². The number of amides is 1. The summed E-state index contributed by atoms with van der Waals surface area (Å²) in [5.41, 5.74) is 0.899. The summed E-state index contributed by atoms with van der Waals surface area (Å²) in [6.07, 6.45) is 0.383. The molecule has 0 aliphatic heterocycles. The number of aryl methyl sites for hydroxylation is 1. The molecule has 0 aliphatic rings. The third kappa shape index (κ3) is 4.40. The number of rotatable bonds is 5. The molecule has 1 heterocycles. The van der Waals surface area contributed by atoms with E-state index in [1.54, 1.807) is 18.2 Å². The predicted octanol–water partition coefficient (Wildman–Crippen LogP) is 2.98. The first-order valence-electron chi connectivity index (χ1n) is 5.84. The third-order valence-electron chi connectivity index (χ3n) is 2.38. The molecule has 1 aromatic carbocycles. The average Bonchev–Trinajstić information content (AvgIpc) is 2.77. The Kier molecular flexibility index (Phi) is 4.57. The number of H-pyrrole nitrogens is 1.